The second-order valence-electron chi connectivity index (χ2n) is 5.97. The Labute approximate surface area is 145 Å². The van der Waals surface area contributed by atoms with Crippen molar-refractivity contribution in [2.75, 3.05) is 0 Å². The van der Waals surface area contributed by atoms with Gasteiger partial charge in [-0.2, -0.15) is 5.10 Å². The molecule has 2 aromatic heterocycles. The molecule has 25 heavy (non-hydrogen) atoms. The minimum absolute atomic E-state index is 0.0528. The molecule has 130 valence electrons. The van der Waals surface area contributed by atoms with Crippen molar-refractivity contribution in [1.29, 1.82) is 0 Å². The highest BCUT2D eigenvalue weighted by atomic mass is 19.1. The fourth-order valence-electron chi connectivity index (χ4n) is 2.67. The molecule has 0 bridgehead atoms. The van der Waals surface area contributed by atoms with E-state index in [0.717, 1.165) is 28.3 Å². The first-order chi connectivity index (χ1) is 12.0. The maximum atomic E-state index is 13.1. The van der Waals surface area contributed by atoms with E-state index in [0.29, 0.717) is 19.4 Å². The molecule has 3 aromatic rings. The molecule has 0 fully saturated rings. The lowest BCUT2D eigenvalue weighted by Gasteiger charge is -2.04. The third kappa shape index (κ3) is 4.35. The van der Waals surface area contributed by atoms with Crippen LogP contribution in [0.5, 0.6) is 0 Å². The summed E-state index contributed by atoms with van der Waals surface area (Å²) in [5.74, 6) is 1.22. The summed E-state index contributed by atoms with van der Waals surface area (Å²) in [6, 6.07) is 9.92. The Morgan fingerprint density at radius 2 is 2.00 bits per heavy atom. The van der Waals surface area contributed by atoms with Crippen molar-refractivity contribution in [2.24, 2.45) is 7.05 Å². The SMILES string of the molecule is Cc1ccc(CNC(=O)CCc2cn(C)nc2-c2ccc(F)cc2)o1. The average Bonchev–Trinajstić information content (AvgIpc) is 3.17. The first kappa shape index (κ1) is 17.0. The number of benzene rings is 1. The summed E-state index contributed by atoms with van der Waals surface area (Å²) < 4.78 is 20.2. The van der Waals surface area contributed by atoms with Crippen LogP contribution in [-0.2, 0) is 24.8 Å². The number of hydrogen-bond acceptors (Lipinski definition) is 3. The summed E-state index contributed by atoms with van der Waals surface area (Å²) >= 11 is 0. The Bertz CT molecular complexity index is 865. The molecule has 2 heterocycles. The van der Waals surface area contributed by atoms with Crippen LogP contribution in [0, 0.1) is 12.7 Å². The van der Waals surface area contributed by atoms with Crippen LogP contribution in [0.3, 0.4) is 0 Å². The summed E-state index contributed by atoms with van der Waals surface area (Å²) in [6.45, 7) is 2.25. The van der Waals surface area contributed by atoms with Crippen LogP contribution in [-0.4, -0.2) is 15.7 Å². The van der Waals surface area contributed by atoms with Crippen molar-refractivity contribution in [2.45, 2.75) is 26.3 Å². The van der Waals surface area contributed by atoms with Crippen molar-refractivity contribution in [3.8, 4) is 11.3 Å². The average molecular weight is 341 g/mol. The summed E-state index contributed by atoms with van der Waals surface area (Å²) in [4.78, 5) is 12.1. The second-order valence-corrected chi connectivity index (χ2v) is 5.97. The largest absolute Gasteiger partial charge is 0.465 e. The quantitative estimate of drug-likeness (QED) is 0.748. The second kappa shape index (κ2) is 7.34. The van der Waals surface area contributed by atoms with Gasteiger partial charge in [-0.15, -0.1) is 0 Å². The van der Waals surface area contributed by atoms with E-state index in [-0.39, 0.29) is 11.7 Å². The number of carbonyl (C=O) groups is 1. The van der Waals surface area contributed by atoms with Crippen LogP contribution in [0.2, 0.25) is 0 Å². The van der Waals surface area contributed by atoms with Gasteiger partial charge in [-0.25, -0.2) is 4.39 Å². The van der Waals surface area contributed by atoms with Gasteiger partial charge in [-0.05, 0) is 55.3 Å². The molecule has 0 saturated carbocycles. The summed E-state index contributed by atoms with van der Waals surface area (Å²) in [5, 5.41) is 7.28. The monoisotopic (exact) mass is 341 g/mol. The van der Waals surface area contributed by atoms with Gasteiger partial charge in [-0.1, -0.05) is 0 Å². The molecule has 0 spiro atoms. The highest BCUT2D eigenvalue weighted by Gasteiger charge is 2.12. The van der Waals surface area contributed by atoms with Crippen LogP contribution in [0.4, 0.5) is 4.39 Å². The Morgan fingerprint density at radius 1 is 1.24 bits per heavy atom. The third-order valence-corrected chi connectivity index (χ3v) is 3.90. The zero-order valence-electron chi connectivity index (χ0n) is 14.3. The zero-order valence-corrected chi connectivity index (χ0v) is 14.3. The number of nitrogens with one attached hydrogen (secondary N) is 1. The predicted octanol–water partition coefficient (Wildman–Crippen LogP) is 3.38. The topological polar surface area (TPSA) is 60.1 Å². The molecular weight excluding hydrogens is 321 g/mol. The van der Waals surface area contributed by atoms with E-state index in [4.69, 9.17) is 4.42 Å². The van der Waals surface area contributed by atoms with Gasteiger partial charge in [0.05, 0.1) is 12.2 Å². The summed E-state index contributed by atoms with van der Waals surface area (Å²) in [7, 11) is 1.83. The molecule has 0 saturated heterocycles. The van der Waals surface area contributed by atoms with Crippen molar-refractivity contribution in [3.63, 3.8) is 0 Å². The zero-order chi connectivity index (χ0) is 17.8. The molecular formula is C19H20FN3O2. The molecule has 1 N–H and O–H groups in total. The van der Waals surface area contributed by atoms with Gasteiger partial charge < -0.3 is 9.73 Å². The Balaban J connectivity index is 1.61. The molecule has 0 aliphatic rings. The fourth-order valence-corrected chi connectivity index (χ4v) is 2.67. The number of aryl methyl sites for hydroxylation is 3. The van der Waals surface area contributed by atoms with Crippen LogP contribution in [0.15, 0.2) is 47.0 Å². The Kier molecular flexibility index (Phi) is 4.97. The molecule has 0 unspecified atom stereocenters. The van der Waals surface area contributed by atoms with Crippen LogP contribution in [0.25, 0.3) is 11.3 Å². The number of amides is 1. The molecule has 1 aromatic carbocycles. The Hall–Kier alpha value is -2.89. The number of hydrogen-bond donors (Lipinski definition) is 1. The summed E-state index contributed by atoms with van der Waals surface area (Å²) in [5.41, 5.74) is 2.57. The number of carbonyl (C=O) groups excluding carboxylic acids is 1. The van der Waals surface area contributed by atoms with Gasteiger partial charge in [0.1, 0.15) is 17.3 Å². The third-order valence-electron chi connectivity index (χ3n) is 3.90. The van der Waals surface area contributed by atoms with E-state index in [2.05, 4.69) is 10.4 Å². The van der Waals surface area contributed by atoms with Gasteiger partial charge in [0.15, 0.2) is 0 Å². The van der Waals surface area contributed by atoms with Crippen LogP contribution in [0.1, 0.15) is 23.5 Å². The Morgan fingerprint density at radius 3 is 2.68 bits per heavy atom. The van der Waals surface area contributed by atoms with Gasteiger partial charge in [-0.3, -0.25) is 9.48 Å². The van der Waals surface area contributed by atoms with Crippen LogP contribution >= 0.6 is 0 Å². The van der Waals surface area contributed by atoms with Gasteiger partial charge in [0.25, 0.3) is 0 Å². The molecule has 0 aliphatic heterocycles. The highest BCUT2D eigenvalue weighted by molar-refractivity contribution is 5.76. The lowest BCUT2D eigenvalue weighted by Crippen LogP contribution is -2.22. The molecule has 3 rings (SSSR count). The van der Waals surface area contributed by atoms with Crippen molar-refractivity contribution >= 4 is 5.91 Å². The lowest BCUT2D eigenvalue weighted by atomic mass is 10.0. The highest BCUT2D eigenvalue weighted by Crippen LogP contribution is 2.23. The van der Waals surface area contributed by atoms with E-state index in [1.54, 1.807) is 16.8 Å². The number of halogens is 1. The number of aromatic nitrogens is 2. The van der Waals surface area contributed by atoms with Crippen LogP contribution < -0.4 is 5.32 Å². The summed E-state index contributed by atoms with van der Waals surface area (Å²) in [6.07, 6.45) is 2.80. The standard InChI is InChI=1S/C19H20FN3O2/c1-13-3-9-17(25-13)11-21-18(24)10-6-15-12-23(2)22-19(15)14-4-7-16(20)8-5-14/h3-5,7-9,12H,6,10-11H2,1-2H3,(H,21,24). The normalized spacial score (nSPS) is 10.8. The first-order valence-electron chi connectivity index (χ1n) is 8.12. The van der Waals surface area contributed by atoms with Gasteiger partial charge in [0.2, 0.25) is 5.91 Å². The maximum Gasteiger partial charge on any atom is 0.220 e. The first-order valence-corrected chi connectivity index (χ1v) is 8.12. The molecule has 1 amide bonds. The molecule has 5 nitrogen and oxygen atoms in total. The van der Waals surface area contributed by atoms with E-state index < -0.39 is 0 Å². The number of furan rings is 1. The maximum absolute atomic E-state index is 13.1. The van der Waals surface area contributed by atoms with E-state index >= 15 is 0 Å². The number of nitrogens with zero attached hydrogens (tertiary/aromatic N) is 2. The molecule has 6 heteroatoms. The molecule has 0 radical (unpaired) electrons. The van der Waals surface area contributed by atoms with E-state index in [1.165, 1.54) is 12.1 Å². The minimum atomic E-state index is -0.284. The van der Waals surface area contributed by atoms with E-state index in [9.17, 15) is 9.18 Å². The van der Waals surface area contributed by atoms with Crippen molar-refractivity contribution in [3.05, 3.63) is 65.5 Å². The fraction of sp³-hybridized carbons (Fsp3) is 0.263. The molecule has 0 aliphatic carbocycles. The van der Waals surface area contributed by atoms with Crippen molar-refractivity contribution < 1.29 is 13.6 Å². The van der Waals surface area contributed by atoms with Crippen molar-refractivity contribution in [1.82, 2.24) is 15.1 Å². The number of rotatable bonds is 6. The lowest BCUT2D eigenvalue weighted by molar-refractivity contribution is -0.121. The van der Waals surface area contributed by atoms with Gasteiger partial charge in [0, 0.05) is 25.2 Å². The van der Waals surface area contributed by atoms with E-state index in [1.807, 2.05) is 32.3 Å². The van der Waals surface area contributed by atoms with Gasteiger partial charge >= 0.3 is 0 Å². The minimum Gasteiger partial charge on any atom is -0.465 e. The molecule has 0 atom stereocenters. The predicted molar refractivity (Wildman–Crippen MR) is 92.2 cm³/mol. The smallest absolute Gasteiger partial charge is 0.220 e.